The number of H-pyrrole nitrogens is 1. The Morgan fingerprint density at radius 3 is 2.41 bits per heavy atom. The number of nitrogens with zero attached hydrogens (tertiary/aromatic N) is 1. The van der Waals surface area contributed by atoms with Crippen LogP contribution in [0.25, 0.3) is 0 Å². The third-order valence-electron chi connectivity index (χ3n) is 4.40. The van der Waals surface area contributed by atoms with Gasteiger partial charge in [-0.1, -0.05) is 0 Å². The van der Waals surface area contributed by atoms with Crippen LogP contribution >= 0.6 is 23.5 Å². The monoisotopic (exact) mass is 698 g/mol. The predicted octanol–water partition coefficient (Wildman–Crippen LogP) is -1.13. The van der Waals surface area contributed by atoms with Crippen molar-refractivity contribution in [1.29, 1.82) is 0 Å². The Morgan fingerprint density at radius 1 is 1.08 bits per heavy atom. The summed E-state index contributed by atoms with van der Waals surface area (Å²) in [7, 11) is -16.7. The third-order valence-corrected chi connectivity index (χ3v) is 10.2. The molecule has 2 heterocycles. The molecular weight excluding hydrogens is 677 g/mol. The second-order valence-electron chi connectivity index (χ2n) is 7.17. The summed E-state index contributed by atoms with van der Waals surface area (Å²) in [6, 6.07) is 9.38. The van der Waals surface area contributed by atoms with Crippen molar-refractivity contribution in [2.24, 2.45) is 0 Å². The van der Waals surface area contributed by atoms with Crippen molar-refractivity contribution in [3.05, 3.63) is 62.9 Å². The van der Waals surface area contributed by atoms with E-state index in [-0.39, 0.29) is 12.0 Å². The van der Waals surface area contributed by atoms with Crippen LogP contribution in [0, 0.1) is 9.89 Å². The summed E-state index contributed by atoms with van der Waals surface area (Å²) in [6.07, 6.45) is -2.95. The second kappa shape index (κ2) is 12.2. The van der Waals surface area contributed by atoms with Gasteiger partial charge in [0.25, 0.3) is 0 Å². The van der Waals surface area contributed by atoms with Crippen molar-refractivity contribution < 1.29 is 56.3 Å². The summed E-state index contributed by atoms with van der Waals surface area (Å²) in [5, 5.41) is 10.2. The molecule has 0 saturated carbocycles. The van der Waals surface area contributed by atoms with Gasteiger partial charge in [-0.3, -0.25) is 0 Å². The Labute approximate surface area is 217 Å². The van der Waals surface area contributed by atoms with Crippen LogP contribution in [-0.4, -0.2) is 74.0 Å². The average Bonchev–Trinajstić information content (AvgIpc) is 3.12. The maximum atomic E-state index is 12.3. The number of hydrogen-bond acceptors (Lipinski definition) is 10. The first kappa shape index (κ1) is 30.1. The minimum absolute atomic E-state index is 0.0320. The van der Waals surface area contributed by atoms with E-state index in [4.69, 9.17) is 14.5 Å². The first-order chi connectivity index (χ1) is 17.1. The Hall–Kier alpha value is -1.42. The van der Waals surface area contributed by atoms with Crippen LogP contribution < -0.4 is 14.9 Å². The van der Waals surface area contributed by atoms with Gasteiger partial charge in [0, 0.05) is 0 Å². The van der Waals surface area contributed by atoms with E-state index in [0.29, 0.717) is 0 Å². The van der Waals surface area contributed by atoms with E-state index in [2.05, 4.69) is 28.0 Å². The van der Waals surface area contributed by atoms with Crippen LogP contribution in [0.2, 0.25) is 0 Å². The standard InChI is InChI=1S/C17H19N2O14P3Te/c20-13-8-15(31-14(13)10-30-35(26,27)33-36(28,29)32-34(23,24)25)19-9-11(16(21)18-17(19)22)6-7-37-12-4-2-1-3-5-12/h1-5,9,13-15,20H,8,10H2,(H,26,27)(H,28,29)(H,18,21,22)(H2,23,24,25)/t13-,14+,15+/m0/s1. The molecule has 0 amide bonds. The fourth-order valence-electron chi connectivity index (χ4n) is 2.92. The zero-order valence-corrected chi connectivity index (χ0v) is 23.2. The van der Waals surface area contributed by atoms with Gasteiger partial charge >= 0.3 is 190 Å². The first-order valence-corrected chi connectivity index (χ1v) is 16.7. The minimum atomic E-state index is -5.71. The molecule has 0 radical (unpaired) electrons. The van der Waals surface area contributed by atoms with Crippen LogP contribution in [0.5, 0.6) is 0 Å². The van der Waals surface area contributed by atoms with Crippen molar-refractivity contribution in [3.63, 3.8) is 0 Å². The molecule has 1 saturated heterocycles. The van der Waals surface area contributed by atoms with Gasteiger partial charge < -0.3 is 14.7 Å². The summed E-state index contributed by atoms with van der Waals surface area (Å²) in [6.45, 7) is -0.908. The van der Waals surface area contributed by atoms with Gasteiger partial charge in [0.05, 0.1) is 0 Å². The molecule has 1 aliphatic heterocycles. The summed E-state index contributed by atoms with van der Waals surface area (Å²) in [5.41, 5.74) is -1.63. The van der Waals surface area contributed by atoms with Crippen molar-refractivity contribution in [3.8, 4) is 9.89 Å². The molecule has 1 aromatic carbocycles. The van der Waals surface area contributed by atoms with Gasteiger partial charge in [0.2, 0.25) is 0 Å². The van der Waals surface area contributed by atoms with Crippen molar-refractivity contribution >= 4 is 48.0 Å². The number of aromatic amines is 1. The predicted molar refractivity (Wildman–Crippen MR) is 124 cm³/mol. The molecule has 2 unspecified atom stereocenters. The molecule has 1 aliphatic rings. The fourth-order valence-corrected chi connectivity index (χ4v) is 7.59. The third kappa shape index (κ3) is 9.37. The number of aliphatic hydroxyl groups excluding tert-OH is 1. The molecule has 0 spiro atoms. The van der Waals surface area contributed by atoms with E-state index >= 15 is 0 Å². The van der Waals surface area contributed by atoms with Gasteiger partial charge in [0.1, 0.15) is 0 Å². The number of aromatic nitrogens is 2. The summed E-state index contributed by atoms with van der Waals surface area (Å²) >= 11 is -0.926. The normalized spacial score (nSPS) is 23.0. The van der Waals surface area contributed by atoms with E-state index in [1.54, 1.807) is 0 Å². The molecule has 6 N–H and O–H groups in total. The first-order valence-electron chi connectivity index (χ1n) is 9.84. The fraction of sp³-hybridized carbons (Fsp3) is 0.294. The van der Waals surface area contributed by atoms with Crippen LogP contribution in [0.3, 0.4) is 0 Å². The molecule has 202 valence electrons. The number of rotatable bonds is 9. The van der Waals surface area contributed by atoms with Crippen molar-refractivity contribution in [2.45, 2.75) is 24.9 Å². The van der Waals surface area contributed by atoms with E-state index in [1.807, 2.05) is 30.3 Å². The molecule has 5 atom stereocenters. The number of nitrogens with one attached hydrogen (secondary N) is 1. The molecular formula is C17H19N2O14P3Te. The SMILES string of the molecule is O=c1[nH]c(=O)n([C@H]2C[C@H](O)[C@@H](COP(=O)(O)OP(=O)(O)OP(=O)(O)O)O2)cc1C#C[Te]c1ccccc1. The van der Waals surface area contributed by atoms with E-state index < -0.39 is 80.7 Å². The van der Waals surface area contributed by atoms with Crippen LogP contribution in [0.1, 0.15) is 18.2 Å². The Kier molecular flexibility index (Phi) is 9.92. The molecule has 3 rings (SSSR count). The topological polar surface area (TPSA) is 244 Å². The van der Waals surface area contributed by atoms with Crippen molar-refractivity contribution in [2.75, 3.05) is 6.61 Å². The second-order valence-corrected chi connectivity index (χ2v) is 14.1. The van der Waals surface area contributed by atoms with Gasteiger partial charge in [-0.05, 0) is 0 Å². The van der Waals surface area contributed by atoms with Gasteiger partial charge in [-0.15, -0.1) is 0 Å². The summed E-state index contributed by atoms with van der Waals surface area (Å²) in [4.78, 5) is 62.4. The molecule has 0 aliphatic carbocycles. The quantitative estimate of drug-likeness (QED) is 0.103. The number of ether oxygens (including phenoxy) is 1. The van der Waals surface area contributed by atoms with E-state index in [9.17, 15) is 38.2 Å². The zero-order valence-electron chi connectivity index (χ0n) is 18.2. The van der Waals surface area contributed by atoms with Crippen LogP contribution in [0.4, 0.5) is 0 Å². The maximum absolute atomic E-state index is 12.3. The van der Waals surface area contributed by atoms with Crippen molar-refractivity contribution in [1.82, 2.24) is 9.55 Å². The van der Waals surface area contributed by atoms with Crippen LogP contribution in [0.15, 0.2) is 46.1 Å². The molecule has 20 heteroatoms. The number of aliphatic hydroxyl groups is 1. The Balaban J connectivity index is 1.67. The molecule has 37 heavy (non-hydrogen) atoms. The van der Waals surface area contributed by atoms with Crippen LogP contribution in [-0.2, 0) is 31.6 Å². The molecule has 1 fully saturated rings. The Morgan fingerprint density at radius 2 is 1.76 bits per heavy atom. The number of hydrogen-bond donors (Lipinski definition) is 6. The van der Waals surface area contributed by atoms with E-state index in [0.717, 1.165) is 14.4 Å². The van der Waals surface area contributed by atoms with Gasteiger partial charge in [-0.25, -0.2) is 9.13 Å². The van der Waals surface area contributed by atoms with Gasteiger partial charge in [-0.2, -0.15) is 4.31 Å². The number of phosphoric acid groups is 3. The zero-order chi connectivity index (χ0) is 27.4. The molecule has 0 bridgehead atoms. The van der Waals surface area contributed by atoms with E-state index in [1.165, 1.54) is 0 Å². The Bertz CT molecular complexity index is 1440. The summed E-state index contributed by atoms with van der Waals surface area (Å²) in [5.74, 6) is 2.72. The average molecular weight is 696 g/mol. The summed E-state index contributed by atoms with van der Waals surface area (Å²) < 4.78 is 56.0. The molecule has 2 aromatic rings. The number of phosphoric ester groups is 1. The number of benzene rings is 1. The molecule has 1 aromatic heterocycles. The molecule has 16 nitrogen and oxygen atoms in total. The van der Waals surface area contributed by atoms with Gasteiger partial charge in [0.15, 0.2) is 0 Å².